The highest BCUT2D eigenvalue weighted by molar-refractivity contribution is 6.08. The van der Waals surface area contributed by atoms with Crippen molar-refractivity contribution >= 4 is 17.1 Å². The normalized spacial score (nSPS) is 29.6. The Balaban J connectivity index is 0.819. The lowest BCUT2D eigenvalue weighted by Gasteiger charge is -2.54. The molecule has 77 heavy (non-hydrogen) atoms. The Bertz CT molecular complexity index is 2670. The van der Waals surface area contributed by atoms with Gasteiger partial charge in [-0.3, -0.25) is 9.59 Å². The van der Waals surface area contributed by atoms with Gasteiger partial charge in [0.05, 0.1) is 32.4 Å². The van der Waals surface area contributed by atoms with Crippen LogP contribution in [0.25, 0.3) is 5.57 Å². The van der Waals surface area contributed by atoms with E-state index in [-0.39, 0.29) is 53.1 Å². The number of dihydropyridines is 1. The number of ether oxygens (including phenoxy) is 1. The second kappa shape index (κ2) is 25.8. The molecule has 10 rings (SSSR count). The van der Waals surface area contributed by atoms with Crippen LogP contribution in [0, 0.1) is 46.8 Å². The summed E-state index contributed by atoms with van der Waals surface area (Å²) in [6, 6.07) is 23.4. The van der Waals surface area contributed by atoms with Gasteiger partial charge in [-0.25, -0.2) is 0 Å². The Morgan fingerprint density at radius 1 is 0.909 bits per heavy atom. The number of rotatable bonds is 22. The highest BCUT2D eigenvalue weighted by Crippen LogP contribution is 2.58. The lowest BCUT2D eigenvalue weighted by molar-refractivity contribution is -0.125. The number of aliphatic hydroxyl groups is 2. The number of hydrogen-bond acceptors (Lipinski definition) is 11. The van der Waals surface area contributed by atoms with E-state index in [9.17, 15) is 24.9 Å². The van der Waals surface area contributed by atoms with E-state index in [1.165, 1.54) is 62.0 Å². The molecule has 11 nitrogen and oxygen atoms in total. The molecule has 4 aliphatic carbocycles. The van der Waals surface area contributed by atoms with Crippen LogP contribution in [0.5, 0.6) is 11.5 Å². The molecule has 3 aliphatic heterocycles. The Hall–Kier alpha value is -5.14. The molecule has 3 aromatic rings. The van der Waals surface area contributed by atoms with E-state index in [1.807, 2.05) is 18.3 Å². The zero-order valence-corrected chi connectivity index (χ0v) is 45.7. The molecule has 9 N–H and O–H groups in total. The minimum atomic E-state index is -0.444. The first-order chi connectivity index (χ1) is 37.5. The number of phenolic OH excluding ortho intramolecular Hbond substituents is 1. The zero-order valence-electron chi connectivity index (χ0n) is 45.7. The number of allylic oxidation sites excluding steroid dienone is 5. The molecule has 11 atom stereocenters. The minimum absolute atomic E-state index is 0.0113. The molecule has 3 saturated carbocycles. The van der Waals surface area contributed by atoms with Crippen molar-refractivity contribution in [1.82, 2.24) is 21.3 Å². The number of aromatic hydroxyl groups is 1. The van der Waals surface area contributed by atoms with Crippen molar-refractivity contribution < 1.29 is 29.6 Å². The topological polar surface area (TPSA) is 178 Å². The van der Waals surface area contributed by atoms with Gasteiger partial charge in [-0.05, 0) is 212 Å². The van der Waals surface area contributed by atoms with Crippen LogP contribution in [0.15, 0.2) is 121 Å². The quantitative estimate of drug-likeness (QED) is 0.0274. The number of aryl methyl sites for hydroxylation is 3. The summed E-state index contributed by atoms with van der Waals surface area (Å²) < 4.78 is 5.56. The SMILES string of the molecule is COc1cc(/C(=C/C(=O)CC(=O)C[C@@H]2C=C[C@H]3C[C@@H](NC[C@H](O)C4CCCCC4)C[C@]3(C[C@@H]3[C@H]4CCNC[C@H]4C[C@@H]4C=CCN[C@@H]34)C2)CO)c(CC2=CNC(N)C=C2CCc2cccc(CCc3ccccc3)c2)cc1O. The molecule has 0 aromatic heterocycles. The number of carbonyl (C=O) groups excluding carboxylic acids is 2. The van der Waals surface area contributed by atoms with Crippen LogP contribution in [-0.4, -0.2) is 91.1 Å². The second-order valence-electron chi connectivity index (χ2n) is 24.3. The molecule has 7 aliphatic rings. The summed E-state index contributed by atoms with van der Waals surface area (Å²) in [5.41, 5.74) is 14.0. The predicted octanol–water partition coefficient (Wildman–Crippen LogP) is 9.01. The van der Waals surface area contributed by atoms with Gasteiger partial charge in [0.25, 0.3) is 0 Å². The summed E-state index contributed by atoms with van der Waals surface area (Å²) in [5.74, 6) is 2.92. The number of nitrogens with two attached hydrogens (primary N) is 1. The van der Waals surface area contributed by atoms with Gasteiger partial charge in [-0.15, -0.1) is 0 Å². The average Bonchev–Trinajstić information content (AvgIpc) is 3.90. The molecule has 412 valence electrons. The van der Waals surface area contributed by atoms with Crippen molar-refractivity contribution in [1.29, 1.82) is 0 Å². The largest absolute Gasteiger partial charge is 0.504 e. The van der Waals surface area contributed by atoms with E-state index >= 15 is 0 Å². The maximum Gasteiger partial charge on any atom is 0.163 e. The van der Waals surface area contributed by atoms with E-state index in [0.717, 1.165) is 95.0 Å². The Kier molecular flexibility index (Phi) is 18.5. The van der Waals surface area contributed by atoms with E-state index in [0.29, 0.717) is 83.7 Å². The van der Waals surface area contributed by atoms with E-state index < -0.39 is 6.61 Å². The molecule has 3 heterocycles. The van der Waals surface area contributed by atoms with Crippen LogP contribution in [0.4, 0.5) is 0 Å². The molecule has 0 bridgehead atoms. The fourth-order valence-electron chi connectivity index (χ4n) is 15.5. The van der Waals surface area contributed by atoms with Gasteiger partial charge in [0.2, 0.25) is 0 Å². The van der Waals surface area contributed by atoms with Gasteiger partial charge in [0, 0.05) is 37.8 Å². The number of methoxy groups -OCH3 is 1. The van der Waals surface area contributed by atoms with Crippen LogP contribution in [0.1, 0.15) is 118 Å². The standard InChI is InChI=1S/C66H87N5O6/c1-77-63-35-59(50(31-61(63)75)29-51-40-71-64(67)32-48(51)21-19-45-13-8-12-44(26-45)18-17-43-10-4-2-5-11-43)53(42-72)30-57(74)34-56(73)27-46-20-22-54-33-55(70-41-62(76)47-14-6-3-7-15-47)37-66(54,36-46)38-60-58-23-25-68-39-52(58)28-49-16-9-24-69-65(49)60/h2,4-5,8-13,16,20,22,26,30-32,35,40,46-47,49,52,54-55,58,60,62,64-65,68-72,75-76H,3,6-7,14-15,17-19,21,23-25,27-29,33-34,36-39,41-42,67H2,1H3/b53-30+/t46-,49-,52+,54-,55+,58-,60+,62-,64?,65+,66-/m0/s1. The van der Waals surface area contributed by atoms with Crippen molar-refractivity contribution in [3.8, 4) is 11.5 Å². The van der Waals surface area contributed by atoms with Crippen LogP contribution in [-0.2, 0) is 35.3 Å². The second-order valence-corrected chi connectivity index (χ2v) is 24.3. The molecule has 1 saturated heterocycles. The number of ketones is 2. The molecule has 0 spiro atoms. The first kappa shape index (κ1) is 55.2. The summed E-state index contributed by atoms with van der Waals surface area (Å²) >= 11 is 0. The van der Waals surface area contributed by atoms with Crippen molar-refractivity contribution in [3.05, 3.63) is 148 Å². The summed E-state index contributed by atoms with van der Waals surface area (Å²) in [4.78, 5) is 28.3. The predicted molar refractivity (Wildman–Crippen MR) is 307 cm³/mol. The third kappa shape index (κ3) is 13.7. The number of nitrogens with one attached hydrogen (secondary N) is 4. The summed E-state index contributed by atoms with van der Waals surface area (Å²) in [5, 5.41) is 48.3. The monoisotopic (exact) mass is 1050 g/mol. The van der Waals surface area contributed by atoms with Crippen LogP contribution < -0.4 is 31.7 Å². The molecule has 3 aromatic carbocycles. The molecular formula is C66H87N5O6. The van der Waals surface area contributed by atoms with Gasteiger partial charge < -0.3 is 47.1 Å². The highest BCUT2D eigenvalue weighted by Gasteiger charge is 2.54. The fraction of sp³-hybridized carbons (Fsp3) is 0.545. The number of fused-ring (bicyclic) bond motifs is 3. The van der Waals surface area contributed by atoms with Crippen LogP contribution in [0.2, 0.25) is 0 Å². The van der Waals surface area contributed by atoms with Gasteiger partial charge >= 0.3 is 0 Å². The van der Waals surface area contributed by atoms with Gasteiger partial charge in [-0.1, -0.05) is 98.2 Å². The van der Waals surface area contributed by atoms with E-state index in [1.54, 1.807) is 12.1 Å². The highest BCUT2D eigenvalue weighted by atomic mass is 16.5. The average molecular weight is 1050 g/mol. The molecule has 4 fully saturated rings. The van der Waals surface area contributed by atoms with Crippen molar-refractivity contribution in [3.63, 3.8) is 0 Å². The van der Waals surface area contributed by atoms with Crippen LogP contribution in [0.3, 0.4) is 0 Å². The Morgan fingerprint density at radius 2 is 1.70 bits per heavy atom. The summed E-state index contributed by atoms with van der Waals surface area (Å²) in [7, 11) is 1.48. The number of benzene rings is 3. The third-order valence-corrected chi connectivity index (χ3v) is 19.2. The number of phenols is 1. The Labute approximate surface area is 458 Å². The Morgan fingerprint density at radius 3 is 2.51 bits per heavy atom. The van der Waals surface area contributed by atoms with Crippen molar-refractivity contribution in [2.75, 3.05) is 39.9 Å². The lowest BCUT2D eigenvalue weighted by atomic mass is 9.55. The first-order valence-corrected chi connectivity index (χ1v) is 29.5. The molecule has 0 radical (unpaired) electrons. The lowest BCUT2D eigenvalue weighted by Crippen LogP contribution is -2.57. The number of aliphatic hydroxyl groups excluding tert-OH is 2. The van der Waals surface area contributed by atoms with Gasteiger partial charge in [0.1, 0.15) is 5.78 Å². The van der Waals surface area contributed by atoms with Crippen LogP contribution >= 0.6 is 0 Å². The number of carbonyl (C=O) groups is 2. The van der Waals surface area contributed by atoms with Crippen molar-refractivity contribution in [2.45, 2.75) is 140 Å². The minimum Gasteiger partial charge on any atom is -0.504 e. The third-order valence-electron chi connectivity index (χ3n) is 19.2. The van der Waals surface area contributed by atoms with E-state index in [4.69, 9.17) is 10.5 Å². The van der Waals surface area contributed by atoms with E-state index in [2.05, 4.69) is 94.1 Å². The van der Waals surface area contributed by atoms with Crippen molar-refractivity contribution in [2.24, 2.45) is 52.6 Å². The summed E-state index contributed by atoms with van der Waals surface area (Å²) in [6.45, 7) is 3.27. The van der Waals surface area contributed by atoms with Gasteiger partial charge in [0.15, 0.2) is 17.3 Å². The molecule has 11 heteroatoms. The molecular weight excluding hydrogens is 959 g/mol. The number of hydrogen-bond donors (Lipinski definition) is 8. The maximum atomic E-state index is 14.2. The molecule has 0 amide bonds. The number of piperidine rings is 1. The van der Waals surface area contributed by atoms with Gasteiger partial charge in [-0.2, -0.15) is 0 Å². The first-order valence-electron chi connectivity index (χ1n) is 29.5. The fourth-order valence-corrected chi connectivity index (χ4v) is 15.5. The maximum absolute atomic E-state index is 14.2. The summed E-state index contributed by atoms with van der Waals surface area (Å²) in [6.07, 6.45) is 30.7. The molecule has 1 unspecified atom stereocenters. The smallest absolute Gasteiger partial charge is 0.163 e. The zero-order chi connectivity index (χ0) is 53.3. The number of Topliss-reactive ketones (excluding diaryl/α,β-unsaturated/α-hetero) is 1.